The van der Waals surface area contributed by atoms with Crippen LogP contribution in [0.1, 0.15) is 44.2 Å². The van der Waals surface area contributed by atoms with Crippen molar-refractivity contribution in [1.82, 2.24) is 0 Å². The molecule has 0 amide bonds. The lowest BCUT2D eigenvalue weighted by molar-refractivity contribution is -0.0673. The van der Waals surface area contributed by atoms with Gasteiger partial charge in [0, 0.05) is 12.7 Å². The van der Waals surface area contributed by atoms with Crippen molar-refractivity contribution in [3.63, 3.8) is 0 Å². The van der Waals surface area contributed by atoms with Gasteiger partial charge in [-0.2, -0.15) is 0 Å². The third kappa shape index (κ3) is 2.02. The quantitative estimate of drug-likeness (QED) is 0.857. The fourth-order valence-corrected chi connectivity index (χ4v) is 2.65. The summed E-state index contributed by atoms with van der Waals surface area (Å²) in [6.45, 7) is 2.29. The van der Waals surface area contributed by atoms with E-state index in [1.54, 1.807) is 19.6 Å². The van der Waals surface area contributed by atoms with Crippen LogP contribution < -0.4 is 5.73 Å². The molecule has 0 spiro atoms. The number of methoxy groups -OCH3 is 1. The summed E-state index contributed by atoms with van der Waals surface area (Å²) in [5, 5.41) is 0. The van der Waals surface area contributed by atoms with Gasteiger partial charge in [-0.15, -0.1) is 0 Å². The molecule has 1 aromatic rings. The van der Waals surface area contributed by atoms with E-state index in [4.69, 9.17) is 14.9 Å². The first-order valence-electron chi connectivity index (χ1n) is 6.01. The van der Waals surface area contributed by atoms with E-state index in [2.05, 4.69) is 6.92 Å². The van der Waals surface area contributed by atoms with Crippen molar-refractivity contribution in [3.8, 4) is 0 Å². The lowest BCUT2D eigenvalue weighted by Crippen LogP contribution is -2.45. The summed E-state index contributed by atoms with van der Waals surface area (Å²) in [6, 6.07) is 1.85. The normalized spacial score (nSPS) is 32.6. The molecule has 2 rings (SSSR count). The van der Waals surface area contributed by atoms with E-state index in [1.165, 1.54) is 12.8 Å². The number of rotatable bonds is 3. The standard InChI is InChI=1S/C13H21NO2/c1-10-3-6-13(15-2,7-4-10)12(14)11-5-8-16-9-11/h5,8-10,12H,3-4,6-7,14H2,1-2H3. The van der Waals surface area contributed by atoms with Gasteiger partial charge in [-0.05, 0) is 37.7 Å². The van der Waals surface area contributed by atoms with Gasteiger partial charge < -0.3 is 14.9 Å². The van der Waals surface area contributed by atoms with Crippen LogP contribution in [0.25, 0.3) is 0 Å². The van der Waals surface area contributed by atoms with Gasteiger partial charge in [0.2, 0.25) is 0 Å². The zero-order valence-corrected chi connectivity index (χ0v) is 10.1. The van der Waals surface area contributed by atoms with Gasteiger partial charge in [-0.1, -0.05) is 6.92 Å². The topological polar surface area (TPSA) is 48.4 Å². The van der Waals surface area contributed by atoms with Gasteiger partial charge in [-0.25, -0.2) is 0 Å². The Hall–Kier alpha value is -0.800. The van der Waals surface area contributed by atoms with Crippen LogP contribution in [-0.4, -0.2) is 12.7 Å². The second kappa shape index (κ2) is 4.60. The van der Waals surface area contributed by atoms with E-state index in [0.29, 0.717) is 0 Å². The van der Waals surface area contributed by atoms with E-state index in [-0.39, 0.29) is 11.6 Å². The van der Waals surface area contributed by atoms with Crippen LogP contribution in [0.5, 0.6) is 0 Å². The molecule has 0 aromatic carbocycles. The van der Waals surface area contributed by atoms with E-state index in [1.807, 2.05) is 6.07 Å². The van der Waals surface area contributed by atoms with Crippen molar-refractivity contribution in [3.05, 3.63) is 24.2 Å². The van der Waals surface area contributed by atoms with E-state index >= 15 is 0 Å². The number of hydrogen-bond acceptors (Lipinski definition) is 3. The molecule has 0 saturated heterocycles. The van der Waals surface area contributed by atoms with Crippen molar-refractivity contribution in [2.24, 2.45) is 11.7 Å². The van der Waals surface area contributed by atoms with Crippen molar-refractivity contribution in [1.29, 1.82) is 0 Å². The molecule has 0 bridgehead atoms. The summed E-state index contributed by atoms with van der Waals surface area (Å²) >= 11 is 0. The summed E-state index contributed by atoms with van der Waals surface area (Å²) in [7, 11) is 1.77. The summed E-state index contributed by atoms with van der Waals surface area (Å²) < 4.78 is 10.8. The van der Waals surface area contributed by atoms with Gasteiger partial charge in [0.05, 0.1) is 24.2 Å². The summed E-state index contributed by atoms with van der Waals surface area (Å²) in [5.41, 5.74) is 7.16. The SMILES string of the molecule is COC1(C(N)c2ccoc2)CCC(C)CC1. The van der Waals surface area contributed by atoms with Gasteiger partial charge in [0.15, 0.2) is 0 Å². The van der Waals surface area contributed by atoms with Gasteiger partial charge in [0.25, 0.3) is 0 Å². The molecule has 0 radical (unpaired) electrons. The molecule has 90 valence electrons. The Morgan fingerprint density at radius 1 is 1.50 bits per heavy atom. The molecular formula is C13H21NO2. The van der Waals surface area contributed by atoms with Crippen molar-refractivity contribution < 1.29 is 9.15 Å². The van der Waals surface area contributed by atoms with Crippen LogP contribution in [0.4, 0.5) is 0 Å². The average molecular weight is 223 g/mol. The zero-order chi connectivity index (χ0) is 11.6. The van der Waals surface area contributed by atoms with Crippen molar-refractivity contribution >= 4 is 0 Å². The van der Waals surface area contributed by atoms with E-state index in [9.17, 15) is 0 Å². The monoisotopic (exact) mass is 223 g/mol. The number of hydrogen-bond donors (Lipinski definition) is 1. The number of furan rings is 1. The van der Waals surface area contributed by atoms with Crippen LogP contribution in [-0.2, 0) is 4.74 Å². The molecule has 1 aromatic heterocycles. The Bertz CT molecular complexity index is 313. The first-order valence-corrected chi connectivity index (χ1v) is 6.01. The van der Waals surface area contributed by atoms with Crippen molar-refractivity contribution in [2.45, 2.75) is 44.2 Å². The van der Waals surface area contributed by atoms with Gasteiger partial charge in [-0.3, -0.25) is 0 Å². The predicted octanol–water partition coefficient (Wildman–Crippen LogP) is 2.87. The maximum absolute atomic E-state index is 6.32. The Balaban J connectivity index is 2.15. The van der Waals surface area contributed by atoms with Crippen LogP contribution in [0.3, 0.4) is 0 Å². The van der Waals surface area contributed by atoms with Crippen LogP contribution in [0.2, 0.25) is 0 Å². The highest BCUT2D eigenvalue weighted by Gasteiger charge is 2.40. The highest BCUT2D eigenvalue weighted by molar-refractivity contribution is 5.17. The molecule has 1 saturated carbocycles. The Morgan fingerprint density at radius 3 is 2.69 bits per heavy atom. The second-order valence-corrected chi connectivity index (χ2v) is 4.99. The molecule has 1 heterocycles. The Morgan fingerprint density at radius 2 is 2.19 bits per heavy atom. The molecular weight excluding hydrogens is 202 g/mol. The van der Waals surface area contributed by atoms with Crippen molar-refractivity contribution in [2.75, 3.05) is 7.11 Å². The highest BCUT2D eigenvalue weighted by Crippen LogP contribution is 2.41. The van der Waals surface area contributed by atoms with Crippen LogP contribution >= 0.6 is 0 Å². The molecule has 1 aliphatic carbocycles. The summed E-state index contributed by atoms with van der Waals surface area (Å²) in [6.07, 6.45) is 7.86. The lowest BCUT2D eigenvalue weighted by atomic mass is 9.74. The van der Waals surface area contributed by atoms with E-state index in [0.717, 1.165) is 24.3 Å². The molecule has 3 nitrogen and oxygen atoms in total. The number of nitrogens with two attached hydrogens (primary N) is 1. The highest BCUT2D eigenvalue weighted by atomic mass is 16.5. The molecule has 1 aliphatic rings. The molecule has 0 aliphatic heterocycles. The maximum atomic E-state index is 6.32. The zero-order valence-electron chi connectivity index (χ0n) is 10.1. The number of ether oxygens (including phenoxy) is 1. The third-order valence-electron chi connectivity index (χ3n) is 4.00. The minimum absolute atomic E-state index is 0.0799. The molecule has 1 atom stereocenters. The first kappa shape index (κ1) is 11.7. The largest absolute Gasteiger partial charge is 0.472 e. The fraction of sp³-hybridized carbons (Fsp3) is 0.692. The minimum atomic E-state index is -0.198. The maximum Gasteiger partial charge on any atom is 0.0951 e. The van der Waals surface area contributed by atoms with Crippen LogP contribution in [0.15, 0.2) is 23.0 Å². The van der Waals surface area contributed by atoms with Crippen LogP contribution in [0, 0.1) is 5.92 Å². The Labute approximate surface area is 97.0 Å². The third-order valence-corrected chi connectivity index (χ3v) is 4.00. The molecule has 1 unspecified atom stereocenters. The van der Waals surface area contributed by atoms with E-state index < -0.39 is 0 Å². The fourth-order valence-electron chi connectivity index (χ4n) is 2.65. The summed E-state index contributed by atoms with van der Waals surface area (Å²) in [5.74, 6) is 0.792. The molecule has 16 heavy (non-hydrogen) atoms. The molecule has 2 N–H and O–H groups in total. The lowest BCUT2D eigenvalue weighted by Gasteiger charge is -2.42. The summed E-state index contributed by atoms with van der Waals surface area (Å²) in [4.78, 5) is 0. The molecule has 3 heteroatoms. The first-order chi connectivity index (χ1) is 7.68. The predicted molar refractivity (Wildman–Crippen MR) is 63.0 cm³/mol. The molecule has 1 fully saturated rings. The Kier molecular flexibility index (Phi) is 3.36. The second-order valence-electron chi connectivity index (χ2n) is 4.99. The smallest absolute Gasteiger partial charge is 0.0951 e. The minimum Gasteiger partial charge on any atom is -0.472 e. The average Bonchev–Trinajstić information content (AvgIpc) is 2.83. The van der Waals surface area contributed by atoms with Gasteiger partial charge in [0.1, 0.15) is 0 Å². The van der Waals surface area contributed by atoms with Gasteiger partial charge >= 0.3 is 0 Å².